The number of aliphatic hydroxyl groups excluding tert-OH is 2. The molecule has 2 heterocycles. The number of phenolic OH excluding ortho intramolecular Hbond substituents is 1. The van der Waals surface area contributed by atoms with Crippen molar-refractivity contribution >= 4 is 29.4 Å². The monoisotopic (exact) mass is 821 g/mol. The van der Waals surface area contributed by atoms with Crippen LogP contribution in [0.5, 0.6) is 5.75 Å². The number of ether oxygens (including phenoxy) is 1. The number of Topliss-reactive ketones (excluding diaryl/α,β-unsaturated/α-hetero) is 1. The summed E-state index contributed by atoms with van der Waals surface area (Å²) < 4.78 is 6.44. The first-order chi connectivity index (χ1) is 27.9. The van der Waals surface area contributed by atoms with Crippen molar-refractivity contribution in [2.75, 3.05) is 20.7 Å². The normalized spacial score (nSPS) is 28.2. The Morgan fingerprint density at radius 2 is 1.85 bits per heavy atom. The maximum absolute atomic E-state index is 14.4. The Bertz CT molecular complexity index is 1760. The third-order valence-electron chi connectivity index (χ3n) is 10.6. The number of phenols is 1. The molecule has 1 saturated heterocycles. The number of fused-ring (bicyclic) bond motifs is 2. The summed E-state index contributed by atoms with van der Waals surface area (Å²) in [4.78, 5) is 71.7. The number of nitrogens with one attached hydrogen (secondary N) is 3. The molecular weight excluding hydrogens is 759 g/mol. The third-order valence-corrected chi connectivity index (χ3v) is 10.6. The zero-order valence-electron chi connectivity index (χ0n) is 35.3. The minimum absolute atomic E-state index is 0.00942. The third kappa shape index (κ3) is 14.9. The van der Waals surface area contributed by atoms with E-state index in [1.54, 1.807) is 57.2 Å². The summed E-state index contributed by atoms with van der Waals surface area (Å²) in [5.74, 6) is -4.47. The van der Waals surface area contributed by atoms with E-state index < -0.39 is 71.9 Å². The lowest BCUT2D eigenvalue weighted by atomic mass is 9.84. The second-order valence-electron chi connectivity index (χ2n) is 15.6. The highest BCUT2D eigenvalue weighted by Crippen LogP contribution is 2.25. The first-order valence-electron chi connectivity index (χ1n) is 20.1. The topological polar surface area (TPSA) is 207 Å². The number of nitrogens with zero attached hydrogens (tertiary/aromatic N) is 2. The van der Waals surface area contributed by atoms with Crippen molar-refractivity contribution < 1.29 is 48.9 Å². The molecule has 0 spiro atoms. The Balaban J connectivity index is 2.08. The molecule has 1 aromatic rings. The van der Waals surface area contributed by atoms with Gasteiger partial charge in [-0.2, -0.15) is 0 Å². The summed E-state index contributed by atoms with van der Waals surface area (Å²) >= 11 is 0. The van der Waals surface area contributed by atoms with Crippen molar-refractivity contribution in [3.05, 3.63) is 90.3 Å². The maximum atomic E-state index is 14.4. The molecule has 4 amide bonds. The predicted octanol–water partition coefficient (Wildman–Crippen LogP) is 3.34. The van der Waals surface area contributed by atoms with Gasteiger partial charge in [-0.25, -0.2) is 10.5 Å². The van der Waals surface area contributed by atoms with E-state index in [1.165, 1.54) is 50.4 Å². The fraction of sp³-hybridized carbons (Fsp3) is 0.523. The Morgan fingerprint density at radius 1 is 1.12 bits per heavy atom. The van der Waals surface area contributed by atoms with Gasteiger partial charge in [-0.15, -0.1) is 0 Å². The number of hydroxylamine groups is 2. The van der Waals surface area contributed by atoms with Crippen molar-refractivity contribution in [3.63, 3.8) is 0 Å². The van der Waals surface area contributed by atoms with Gasteiger partial charge in [0.2, 0.25) is 11.8 Å². The van der Waals surface area contributed by atoms with Crippen LogP contribution in [0.25, 0.3) is 0 Å². The van der Waals surface area contributed by atoms with E-state index in [4.69, 9.17) is 9.57 Å². The second kappa shape index (κ2) is 23.5. The molecule has 2 aliphatic rings. The van der Waals surface area contributed by atoms with Crippen LogP contribution >= 0.6 is 0 Å². The van der Waals surface area contributed by atoms with Crippen LogP contribution in [0.4, 0.5) is 0 Å². The van der Waals surface area contributed by atoms with Crippen molar-refractivity contribution in [2.45, 2.75) is 110 Å². The first kappa shape index (κ1) is 48.3. The summed E-state index contributed by atoms with van der Waals surface area (Å²) in [5, 5.41) is 40.9. The van der Waals surface area contributed by atoms with E-state index >= 15 is 0 Å². The quantitative estimate of drug-likeness (QED) is 0.115. The number of carbonyl (C=O) groups excluding carboxylic acids is 5. The Kier molecular flexibility index (Phi) is 19.2. The molecule has 1 aromatic carbocycles. The minimum Gasteiger partial charge on any atom is -0.508 e. The molecule has 8 atom stereocenters. The van der Waals surface area contributed by atoms with Gasteiger partial charge in [0.1, 0.15) is 35.5 Å². The van der Waals surface area contributed by atoms with Gasteiger partial charge in [-0.05, 0) is 62.3 Å². The number of rotatable bonds is 10. The van der Waals surface area contributed by atoms with Crippen LogP contribution in [0.15, 0.2) is 84.7 Å². The fourth-order valence-electron chi connectivity index (χ4n) is 6.74. The highest BCUT2D eigenvalue weighted by atomic mass is 16.7. The van der Waals surface area contributed by atoms with Crippen LogP contribution in [0, 0.1) is 17.8 Å². The number of amides is 4. The molecule has 15 nitrogen and oxygen atoms in total. The lowest BCUT2D eigenvalue weighted by molar-refractivity contribution is -0.162. The van der Waals surface area contributed by atoms with Gasteiger partial charge in [0.25, 0.3) is 11.8 Å². The highest BCUT2D eigenvalue weighted by Gasteiger charge is 2.38. The molecule has 0 aliphatic carbocycles. The number of benzene rings is 1. The van der Waals surface area contributed by atoms with Crippen molar-refractivity contribution in [1.29, 1.82) is 0 Å². The van der Waals surface area contributed by atoms with E-state index in [2.05, 4.69) is 22.6 Å². The number of ketones is 1. The highest BCUT2D eigenvalue weighted by molar-refractivity contribution is 5.93. The number of hydrogen-bond acceptors (Lipinski definition) is 11. The minimum atomic E-state index is -1.40. The van der Waals surface area contributed by atoms with E-state index in [-0.39, 0.29) is 36.7 Å². The van der Waals surface area contributed by atoms with Gasteiger partial charge in [-0.1, -0.05) is 75.9 Å². The Labute approximate surface area is 347 Å². The number of aliphatic hydroxyl groups is 2. The Hall–Kier alpha value is -5.09. The van der Waals surface area contributed by atoms with Gasteiger partial charge < -0.3 is 35.5 Å². The summed E-state index contributed by atoms with van der Waals surface area (Å²) in [7, 11) is 2.88. The van der Waals surface area contributed by atoms with Gasteiger partial charge in [0, 0.05) is 44.8 Å². The number of hydrogen-bond donors (Lipinski definition) is 6. The molecule has 1 unspecified atom stereocenters. The first-order valence-corrected chi connectivity index (χ1v) is 20.1. The summed E-state index contributed by atoms with van der Waals surface area (Å²) in [6.45, 7) is 12.8. The molecule has 3 rings (SSSR count). The van der Waals surface area contributed by atoms with E-state index in [0.717, 1.165) is 10.6 Å². The Morgan fingerprint density at radius 3 is 2.51 bits per heavy atom. The zero-order valence-corrected chi connectivity index (χ0v) is 35.3. The van der Waals surface area contributed by atoms with Gasteiger partial charge >= 0.3 is 0 Å². The predicted molar refractivity (Wildman–Crippen MR) is 223 cm³/mol. The smallest absolute Gasteiger partial charge is 0.269 e. The molecule has 324 valence electrons. The number of carbonyl (C=O) groups is 5. The largest absolute Gasteiger partial charge is 0.508 e. The number of likely N-dealkylation sites (N-methyl/N-ethyl adjacent to an activating group) is 1. The molecule has 59 heavy (non-hydrogen) atoms. The number of allylic oxidation sites excluding steroid dienone is 4. The fourth-order valence-corrected chi connectivity index (χ4v) is 6.74. The molecule has 2 aliphatic heterocycles. The van der Waals surface area contributed by atoms with E-state index in [0.29, 0.717) is 37.1 Å². The van der Waals surface area contributed by atoms with Crippen LogP contribution in [-0.2, 0) is 40.0 Å². The molecule has 1 fully saturated rings. The average Bonchev–Trinajstić information content (AvgIpc) is 3.20. The standard InChI is InChI=1S/C44H63N5O10/c1-27(2)40-43(56)45-36(26-32-16-13-17-33(51)25-32)44(57)49-24-14-18-35(47-49)31(6)59-38(28(3)15-12-21-39(53)48(7)58-8)20-11-9-10-19-37(52)30(5)41(54)34(42(55)46-40)23-22-29(4)50/h9-13,15-17,19,21,25,27,30,34-38,40-41,47,51-52,54H,6,14,18,20,22-24,26H2,1-5,7-8H3,(H,45,56)(H,46,55)/b11-9+,19-10+,21-12+,28-15+/t30-,34+,35?,36-,37-,38-,40-,41+/m0/s1. The van der Waals surface area contributed by atoms with Crippen LogP contribution in [0.1, 0.15) is 72.3 Å². The van der Waals surface area contributed by atoms with Gasteiger partial charge in [0.05, 0.1) is 31.3 Å². The lowest BCUT2D eigenvalue weighted by Gasteiger charge is -2.37. The molecule has 2 bridgehead atoms. The van der Waals surface area contributed by atoms with Crippen molar-refractivity contribution in [1.82, 2.24) is 26.1 Å². The van der Waals surface area contributed by atoms with Crippen molar-refractivity contribution in [2.24, 2.45) is 17.8 Å². The van der Waals surface area contributed by atoms with Crippen LogP contribution in [-0.4, -0.2) is 112 Å². The summed E-state index contributed by atoms with van der Waals surface area (Å²) in [5.41, 5.74) is 4.56. The molecule has 15 heteroatoms. The molecule has 0 aromatic heterocycles. The number of hydrazine groups is 1. The van der Waals surface area contributed by atoms with Gasteiger partial charge in [0.15, 0.2) is 0 Å². The summed E-state index contributed by atoms with van der Waals surface area (Å²) in [6, 6.07) is 3.58. The molecule has 0 saturated carbocycles. The maximum Gasteiger partial charge on any atom is 0.269 e. The van der Waals surface area contributed by atoms with Gasteiger partial charge in [-0.3, -0.25) is 29.0 Å². The molecule has 6 N–H and O–H groups in total. The summed E-state index contributed by atoms with van der Waals surface area (Å²) in [6.07, 6.45) is 9.66. The zero-order chi connectivity index (χ0) is 43.8. The number of aromatic hydroxyl groups is 1. The lowest BCUT2D eigenvalue weighted by Crippen LogP contribution is -2.61. The van der Waals surface area contributed by atoms with Crippen LogP contribution in [0.2, 0.25) is 0 Å². The van der Waals surface area contributed by atoms with Crippen molar-refractivity contribution in [3.8, 4) is 5.75 Å². The molecule has 0 radical (unpaired) electrons. The molecular formula is C44H63N5O10. The van der Waals surface area contributed by atoms with E-state index in [1.807, 2.05) is 13.0 Å². The second-order valence-corrected chi connectivity index (χ2v) is 15.6. The van der Waals surface area contributed by atoms with Crippen LogP contribution < -0.4 is 16.1 Å². The SMILES string of the molecule is C=C1O[C@H](/C(C)=C/C=C/C(=O)N(C)OC)C/C=C/C=C/[C@H](O)[C@H](C)[C@@H](O)[C@@H](CCC(C)=O)C(=O)N[C@@H](C(C)C)C(=O)N[C@@H](Cc2cccc(O)c2)C(=O)N2CCCC1N2. The van der Waals surface area contributed by atoms with E-state index in [9.17, 15) is 39.3 Å². The average molecular weight is 822 g/mol. The van der Waals surface area contributed by atoms with Crippen LogP contribution in [0.3, 0.4) is 0 Å².